The first kappa shape index (κ1) is 18.6. The van der Waals surface area contributed by atoms with E-state index in [0.717, 1.165) is 44.9 Å². The van der Waals surface area contributed by atoms with Crippen molar-refractivity contribution in [3.05, 3.63) is 0 Å². The van der Waals surface area contributed by atoms with Crippen LogP contribution < -0.4 is 10.6 Å². The van der Waals surface area contributed by atoms with Gasteiger partial charge in [0.1, 0.15) is 0 Å². The van der Waals surface area contributed by atoms with Gasteiger partial charge in [0.05, 0.1) is 0 Å². The number of amides is 1. The minimum atomic E-state index is -0.853. The second-order valence-corrected chi connectivity index (χ2v) is 8.56. The van der Waals surface area contributed by atoms with Crippen LogP contribution in [0.1, 0.15) is 86.0 Å². The summed E-state index contributed by atoms with van der Waals surface area (Å²) in [4.78, 5) is 11.6. The minimum absolute atomic E-state index is 0.0678. The molecule has 4 atom stereocenters. The van der Waals surface area contributed by atoms with Gasteiger partial charge in [0.15, 0.2) is 0 Å². The molecule has 1 aliphatic carbocycles. The molecule has 0 bridgehead atoms. The lowest BCUT2D eigenvalue weighted by molar-refractivity contribution is -0.0225. The van der Waals surface area contributed by atoms with Gasteiger partial charge < -0.3 is 15.7 Å². The lowest BCUT2D eigenvalue weighted by Gasteiger charge is -2.59. The van der Waals surface area contributed by atoms with Crippen molar-refractivity contribution in [1.29, 1.82) is 0 Å². The summed E-state index contributed by atoms with van der Waals surface area (Å²) in [7, 11) is 0. The Hall–Kier alpha value is -0.770. The van der Waals surface area contributed by atoms with Gasteiger partial charge in [-0.3, -0.25) is 0 Å². The van der Waals surface area contributed by atoms with Crippen LogP contribution in [0.5, 0.6) is 0 Å². The zero-order valence-corrected chi connectivity index (χ0v) is 15.7. The van der Waals surface area contributed by atoms with E-state index in [2.05, 4.69) is 45.3 Å². The number of nitrogens with one attached hydrogen (secondary N) is 2. The Labute approximate surface area is 141 Å². The molecule has 0 spiro atoms. The molecule has 1 saturated carbocycles. The lowest BCUT2D eigenvalue weighted by Crippen LogP contribution is -2.70. The maximum absolute atomic E-state index is 11.6. The van der Waals surface area contributed by atoms with Crippen molar-refractivity contribution < 1.29 is 9.90 Å². The molecule has 134 valence electrons. The molecule has 4 heteroatoms. The molecule has 0 radical (unpaired) electrons. The number of carbonyl (C=O) groups is 1. The van der Waals surface area contributed by atoms with Gasteiger partial charge in [-0.1, -0.05) is 40.0 Å². The smallest absolute Gasteiger partial charge is 0.405 e. The van der Waals surface area contributed by atoms with Crippen molar-refractivity contribution in [1.82, 2.24) is 10.6 Å². The van der Waals surface area contributed by atoms with Gasteiger partial charge in [0.2, 0.25) is 0 Å². The molecule has 3 N–H and O–H groups in total. The summed E-state index contributed by atoms with van der Waals surface area (Å²) in [5.41, 5.74) is -0.0800. The summed E-state index contributed by atoms with van der Waals surface area (Å²) in [6.45, 7) is 11.5. The van der Waals surface area contributed by atoms with E-state index in [0.29, 0.717) is 11.8 Å². The predicted octanol–water partition coefficient (Wildman–Crippen LogP) is 4.54. The molecule has 2 fully saturated rings. The molecule has 23 heavy (non-hydrogen) atoms. The Kier molecular flexibility index (Phi) is 5.34. The second kappa shape index (κ2) is 6.62. The van der Waals surface area contributed by atoms with Crippen molar-refractivity contribution in [3.8, 4) is 0 Å². The molecule has 1 amide bonds. The zero-order valence-electron chi connectivity index (χ0n) is 15.7. The van der Waals surface area contributed by atoms with E-state index in [9.17, 15) is 9.90 Å². The highest BCUT2D eigenvalue weighted by atomic mass is 16.4. The molecule has 0 aromatic heterocycles. The molecule has 4 nitrogen and oxygen atoms in total. The van der Waals surface area contributed by atoms with Crippen molar-refractivity contribution in [2.24, 2.45) is 11.8 Å². The second-order valence-electron chi connectivity index (χ2n) is 8.56. The van der Waals surface area contributed by atoms with Crippen LogP contribution in [0.25, 0.3) is 0 Å². The number of hydrogen-bond acceptors (Lipinski definition) is 2. The van der Waals surface area contributed by atoms with Gasteiger partial charge in [0.25, 0.3) is 0 Å². The van der Waals surface area contributed by atoms with E-state index in [-0.39, 0.29) is 16.6 Å². The number of hydrogen-bond donors (Lipinski definition) is 3. The van der Waals surface area contributed by atoms with E-state index >= 15 is 0 Å². The summed E-state index contributed by atoms with van der Waals surface area (Å²) in [6.07, 6.45) is 7.86. The van der Waals surface area contributed by atoms with E-state index < -0.39 is 6.09 Å². The van der Waals surface area contributed by atoms with Crippen LogP contribution in [-0.2, 0) is 0 Å². The summed E-state index contributed by atoms with van der Waals surface area (Å²) >= 11 is 0. The Morgan fingerprint density at radius 2 is 1.78 bits per heavy atom. The van der Waals surface area contributed by atoms with Crippen molar-refractivity contribution in [2.45, 2.75) is 103 Å². The summed E-state index contributed by atoms with van der Waals surface area (Å²) in [6, 6.07) is 0. The monoisotopic (exact) mass is 324 g/mol. The van der Waals surface area contributed by atoms with Crippen LogP contribution >= 0.6 is 0 Å². The highest BCUT2D eigenvalue weighted by Gasteiger charge is 2.54. The summed E-state index contributed by atoms with van der Waals surface area (Å²) < 4.78 is 0. The quantitative estimate of drug-likeness (QED) is 0.711. The van der Waals surface area contributed by atoms with Crippen molar-refractivity contribution in [2.75, 3.05) is 0 Å². The highest BCUT2D eigenvalue weighted by molar-refractivity contribution is 5.65. The summed E-state index contributed by atoms with van der Waals surface area (Å²) in [5.74, 6) is 0.854. The van der Waals surface area contributed by atoms with Gasteiger partial charge in [-0.15, -0.1) is 0 Å². The first-order valence-corrected chi connectivity index (χ1v) is 9.51. The van der Waals surface area contributed by atoms with E-state index in [1.807, 2.05) is 0 Å². The van der Waals surface area contributed by atoms with Crippen molar-refractivity contribution in [3.63, 3.8) is 0 Å². The molecule has 1 heterocycles. The van der Waals surface area contributed by atoms with Crippen LogP contribution in [0.15, 0.2) is 0 Å². The SMILES string of the molecule is CCC1(C)CC(C2(NC(=O)O)CCCCC2)C(C)C(C)(CC)N1. The maximum atomic E-state index is 11.6. The van der Waals surface area contributed by atoms with E-state index in [1.165, 1.54) is 6.42 Å². The number of carboxylic acid groups (broad SMARTS) is 1. The standard InChI is InChI=1S/C19H36N2O2/c1-6-17(4)13-15(14(3)18(5,7-2)21-17)19(20-16(22)23)11-9-8-10-12-19/h14-15,20-21H,6-13H2,1-5H3,(H,22,23). The van der Waals surface area contributed by atoms with Gasteiger partial charge >= 0.3 is 6.09 Å². The highest BCUT2D eigenvalue weighted by Crippen LogP contribution is 2.49. The third-order valence-electron chi connectivity index (χ3n) is 7.19. The number of rotatable bonds is 4. The Bertz CT molecular complexity index is 433. The van der Waals surface area contributed by atoms with Crippen LogP contribution in [0.4, 0.5) is 4.79 Å². The van der Waals surface area contributed by atoms with E-state index in [1.54, 1.807) is 0 Å². The van der Waals surface area contributed by atoms with E-state index in [4.69, 9.17) is 0 Å². The fourth-order valence-corrected chi connectivity index (χ4v) is 5.26. The Morgan fingerprint density at radius 3 is 2.26 bits per heavy atom. The third kappa shape index (κ3) is 3.52. The van der Waals surface area contributed by atoms with Gasteiger partial charge in [-0.05, 0) is 57.8 Å². The Balaban J connectivity index is 2.40. The van der Waals surface area contributed by atoms with Crippen LogP contribution in [0.3, 0.4) is 0 Å². The molecule has 0 aromatic carbocycles. The molecular weight excluding hydrogens is 288 g/mol. The Morgan fingerprint density at radius 1 is 1.17 bits per heavy atom. The minimum Gasteiger partial charge on any atom is -0.465 e. The lowest BCUT2D eigenvalue weighted by atomic mass is 9.57. The zero-order chi connectivity index (χ0) is 17.3. The molecule has 2 rings (SSSR count). The van der Waals surface area contributed by atoms with Gasteiger partial charge in [-0.2, -0.15) is 0 Å². The largest absolute Gasteiger partial charge is 0.465 e. The number of piperidine rings is 1. The molecule has 4 unspecified atom stereocenters. The van der Waals surface area contributed by atoms with Crippen LogP contribution in [0, 0.1) is 11.8 Å². The fourth-order valence-electron chi connectivity index (χ4n) is 5.26. The van der Waals surface area contributed by atoms with Crippen LogP contribution in [-0.4, -0.2) is 27.8 Å². The maximum Gasteiger partial charge on any atom is 0.405 e. The fraction of sp³-hybridized carbons (Fsp3) is 0.947. The molecule has 2 aliphatic rings. The van der Waals surface area contributed by atoms with Crippen molar-refractivity contribution >= 4 is 6.09 Å². The third-order valence-corrected chi connectivity index (χ3v) is 7.19. The van der Waals surface area contributed by atoms with Gasteiger partial charge in [-0.25, -0.2) is 4.79 Å². The molecular formula is C19H36N2O2. The normalized spacial score (nSPS) is 40.6. The molecule has 1 aliphatic heterocycles. The average Bonchev–Trinajstić information content (AvgIpc) is 2.51. The molecule has 1 saturated heterocycles. The predicted molar refractivity (Wildman–Crippen MR) is 94.8 cm³/mol. The van der Waals surface area contributed by atoms with Gasteiger partial charge in [0, 0.05) is 16.6 Å². The average molecular weight is 325 g/mol. The van der Waals surface area contributed by atoms with Crippen LogP contribution in [0.2, 0.25) is 0 Å². The topological polar surface area (TPSA) is 61.4 Å². The summed E-state index contributed by atoms with van der Waals surface area (Å²) in [5, 5.41) is 16.4. The first-order valence-electron chi connectivity index (χ1n) is 9.51. The molecule has 0 aromatic rings. The first-order chi connectivity index (χ1) is 10.7.